The summed E-state index contributed by atoms with van der Waals surface area (Å²) in [7, 11) is 0. The summed E-state index contributed by atoms with van der Waals surface area (Å²) >= 11 is 0. The third-order valence-corrected chi connectivity index (χ3v) is 5.63. The van der Waals surface area contributed by atoms with Crippen molar-refractivity contribution < 1.29 is 14.7 Å². The summed E-state index contributed by atoms with van der Waals surface area (Å²) in [6.45, 7) is 6.26. The van der Waals surface area contributed by atoms with Crippen LogP contribution in [0.5, 0.6) is 0 Å². The predicted octanol–water partition coefficient (Wildman–Crippen LogP) is 1.74. The summed E-state index contributed by atoms with van der Waals surface area (Å²) < 4.78 is 0. The van der Waals surface area contributed by atoms with Crippen LogP contribution < -0.4 is 16.4 Å². The van der Waals surface area contributed by atoms with Gasteiger partial charge in [-0.1, -0.05) is 57.5 Å². The molecule has 0 aliphatic heterocycles. The molecule has 27 heavy (non-hydrogen) atoms. The highest BCUT2D eigenvalue weighted by molar-refractivity contribution is 5.85. The van der Waals surface area contributed by atoms with Gasteiger partial charge in [0.05, 0.1) is 12.6 Å². The van der Waals surface area contributed by atoms with E-state index in [2.05, 4.69) is 17.6 Å². The number of nitrogens with two attached hydrogens (primary N) is 1. The van der Waals surface area contributed by atoms with Crippen LogP contribution in [-0.4, -0.2) is 35.6 Å². The molecular weight excluding hydrogens is 342 g/mol. The van der Waals surface area contributed by atoms with E-state index >= 15 is 0 Å². The molecule has 1 aromatic rings. The molecule has 6 nitrogen and oxygen atoms in total. The molecule has 0 bridgehead atoms. The molecule has 1 aromatic carbocycles. The SMILES string of the molecule is CC1CCC(C(C)C)C(O)(C(=O)NCC(NC(=O)CN)c2ccccc2)C1. The van der Waals surface area contributed by atoms with Crippen LogP contribution >= 0.6 is 0 Å². The Morgan fingerprint density at radius 1 is 1.26 bits per heavy atom. The van der Waals surface area contributed by atoms with Crippen LogP contribution in [-0.2, 0) is 9.59 Å². The highest BCUT2D eigenvalue weighted by Gasteiger charge is 2.48. The molecule has 1 aliphatic rings. The van der Waals surface area contributed by atoms with Crippen LogP contribution in [0.15, 0.2) is 30.3 Å². The zero-order valence-electron chi connectivity index (χ0n) is 16.6. The van der Waals surface area contributed by atoms with Crippen molar-refractivity contribution in [1.82, 2.24) is 10.6 Å². The Bertz CT molecular complexity index is 635. The summed E-state index contributed by atoms with van der Waals surface area (Å²) in [6.07, 6.45) is 2.33. The normalized spacial score (nSPS) is 26.4. The second kappa shape index (κ2) is 9.33. The van der Waals surface area contributed by atoms with Crippen molar-refractivity contribution in [3.63, 3.8) is 0 Å². The maximum Gasteiger partial charge on any atom is 0.252 e. The maximum atomic E-state index is 13.0. The molecule has 2 amide bonds. The smallest absolute Gasteiger partial charge is 0.252 e. The molecule has 0 heterocycles. The van der Waals surface area contributed by atoms with Crippen LogP contribution in [0.1, 0.15) is 51.6 Å². The van der Waals surface area contributed by atoms with Crippen molar-refractivity contribution >= 4 is 11.8 Å². The van der Waals surface area contributed by atoms with Gasteiger partial charge in [-0.3, -0.25) is 9.59 Å². The Morgan fingerprint density at radius 2 is 1.93 bits per heavy atom. The lowest BCUT2D eigenvalue weighted by atomic mass is 9.66. The van der Waals surface area contributed by atoms with Crippen LogP contribution in [0, 0.1) is 17.8 Å². The van der Waals surface area contributed by atoms with Crippen molar-refractivity contribution in [1.29, 1.82) is 0 Å². The third kappa shape index (κ3) is 5.30. The second-order valence-corrected chi connectivity index (χ2v) is 8.11. The lowest BCUT2D eigenvalue weighted by molar-refractivity contribution is -0.156. The van der Waals surface area contributed by atoms with E-state index in [1.807, 2.05) is 44.2 Å². The molecule has 1 fully saturated rings. The summed E-state index contributed by atoms with van der Waals surface area (Å²) in [6, 6.07) is 9.04. The second-order valence-electron chi connectivity index (χ2n) is 8.11. The fraction of sp³-hybridized carbons (Fsp3) is 0.619. The van der Waals surface area contributed by atoms with E-state index < -0.39 is 11.6 Å². The van der Waals surface area contributed by atoms with Gasteiger partial charge in [-0.15, -0.1) is 0 Å². The monoisotopic (exact) mass is 375 g/mol. The van der Waals surface area contributed by atoms with Gasteiger partial charge in [-0.25, -0.2) is 0 Å². The lowest BCUT2D eigenvalue weighted by Gasteiger charge is -2.43. The quantitative estimate of drug-likeness (QED) is 0.583. The highest BCUT2D eigenvalue weighted by atomic mass is 16.3. The molecule has 6 heteroatoms. The fourth-order valence-corrected chi connectivity index (χ4v) is 4.17. The zero-order valence-corrected chi connectivity index (χ0v) is 16.6. The maximum absolute atomic E-state index is 13.0. The number of hydrogen-bond acceptors (Lipinski definition) is 4. The summed E-state index contributed by atoms with van der Waals surface area (Å²) in [5.41, 5.74) is 4.93. The number of benzene rings is 1. The van der Waals surface area contributed by atoms with Crippen molar-refractivity contribution in [3.8, 4) is 0 Å². The van der Waals surface area contributed by atoms with E-state index in [0.29, 0.717) is 12.3 Å². The molecule has 0 aromatic heterocycles. The molecule has 1 saturated carbocycles. The lowest BCUT2D eigenvalue weighted by Crippen LogP contribution is -2.57. The molecular formula is C21H33N3O3. The van der Waals surface area contributed by atoms with Gasteiger partial charge >= 0.3 is 0 Å². The van der Waals surface area contributed by atoms with E-state index in [1.165, 1.54) is 0 Å². The van der Waals surface area contributed by atoms with Crippen LogP contribution in [0.25, 0.3) is 0 Å². The average molecular weight is 376 g/mol. The number of rotatable bonds is 7. The van der Waals surface area contributed by atoms with E-state index in [1.54, 1.807) is 0 Å². The standard InChI is InChI=1S/C21H33N3O3/c1-14(2)17-10-9-15(3)11-21(17,27)20(26)23-13-18(24-19(25)12-22)16-7-5-4-6-8-16/h4-8,14-15,17-18,27H,9-13,22H2,1-3H3,(H,23,26)(H,24,25). The minimum atomic E-state index is -1.37. The third-order valence-electron chi connectivity index (χ3n) is 5.63. The van der Waals surface area contributed by atoms with Crippen LogP contribution in [0.3, 0.4) is 0 Å². The Kier molecular flexibility index (Phi) is 7.39. The molecule has 150 valence electrons. The van der Waals surface area contributed by atoms with Gasteiger partial charge in [0.15, 0.2) is 0 Å². The number of aliphatic hydroxyl groups is 1. The van der Waals surface area contributed by atoms with Gasteiger partial charge in [-0.05, 0) is 36.2 Å². The van der Waals surface area contributed by atoms with Crippen LogP contribution in [0.4, 0.5) is 0 Å². The molecule has 4 atom stereocenters. The van der Waals surface area contributed by atoms with E-state index in [4.69, 9.17) is 5.73 Å². The summed E-state index contributed by atoms with van der Waals surface area (Å²) in [5.74, 6) is -0.186. The molecule has 0 saturated heterocycles. The zero-order chi connectivity index (χ0) is 20.0. The summed E-state index contributed by atoms with van der Waals surface area (Å²) in [5, 5.41) is 17.0. The Hall–Kier alpha value is -1.92. The first-order valence-corrected chi connectivity index (χ1v) is 9.83. The van der Waals surface area contributed by atoms with Crippen LogP contribution in [0.2, 0.25) is 0 Å². The topological polar surface area (TPSA) is 104 Å². The minimum Gasteiger partial charge on any atom is -0.380 e. The van der Waals surface area contributed by atoms with Crippen molar-refractivity contribution in [3.05, 3.63) is 35.9 Å². The van der Waals surface area contributed by atoms with Crippen molar-refractivity contribution in [2.24, 2.45) is 23.5 Å². The van der Waals surface area contributed by atoms with Gasteiger partial charge in [0, 0.05) is 6.54 Å². The largest absolute Gasteiger partial charge is 0.380 e. The summed E-state index contributed by atoms with van der Waals surface area (Å²) in [4.78, 5) is 24.8. The average Bonchev–Trinajstić information content (AvgIpc) is 2.64. The molecule has 5 N–H and O–H groups in total. The number of nitrogens with one attached hydrogen (secondary N) is 2. The molecule has 1 aliphatic carbocycles. The molecule has 4 unspecified atom stereocenters. The first-order chi connectivity index (χ1) is 12.8. The predicted molar refractivity (Wildman–Crippen MR) is 106 cm³/mol. The number of hydrogen-bond donors (Lipinski definition) is 4. The van der Waals surface area contributed by atoms with Gasteiger partial charge in [0.25, 0.3) is 5.91 Å². The van der Waals surface area contributed by atoms with Crippen molar-refractivity contribution in [2.45, 2.75) is 51.7 Å². The van der Waals surface area contributed by atoms with Gasteiger partial charge < -0.3 is 21.5 Å². The Labute approximate surface area is 161 Å². The molecule has 0 radical (unpaired) electrons. The fourth-order valence-electron chi connectivity index (χ4n) is 4.17. The minimum absolute atomic E-state index is 0.0671. The molecule has 2 rings (SSSR count). The highest BCUT2D eigenvalue weighted by Crippen LogP contribution is 2.41. The Balaban J connectivity index is 2.12. The van der Waals surface area contributed by atoms with Gasteiger partial charge in [0.2, 0.25) is 5.91 Å². The number of carbonyl (C=O) groups is 2. The first-order valence-electron chi connectivity index (χ1n) is 9.83. The van der Waals surface area contributed by atoms with E-state index in [0.717, 1.165) is 18.4 Å². The first kappa shape index (κ1) is 21.4. The van der Waals surface area contributed by atoms with Gasteiger partial charge in [-0.2, -0.15) is 0 Å². The Morgan fingerprint density at radius 3 is 2.52 bits per heavy atom. The van der Waals surface area contributed by atoms with E-state index in [9.17, 15) is 14.7 Å². The van der Waals surface area contributed by atoms with Crippen molar-refractivity contribution in [2.75, 3.05) is 13.1 Å². The number of carbonyl (C=O) groups excluding carboxylic acids is 2. The van der Waals surface area contributed by atoms with Gasteiger partial charge in [0.1, 0.15) is 5.60 Å². The molecule has 0 spiro atoms. The number of amides is 2. The van der Waals surface area contributed by atoms with E-state index in [-0.39, 0.29) is 36.7 Å².